The number of halogens is 1. The first kappa shape index (κ1) is 19.7. The number of para-hydroxylation sites is 2. The molecule has 0 aliphatic rings. The highest BCUT2D eigenvalue weighted by atomic mass is 127. The third kappa shape index (κ3) is 5.73. The predicted molar refractivity (Wildman–Crippen MR) is 107 cm³/mol. The summed E-state index contributed by atoms with van der Waals surface area (Å²) in [6, 6.07) is 12.3. The number of rotatable bonds is 7. The van der Waals surface area contributed by atoms with E-state index in [1.807, 2.05) is 18.2 Å². The zero-order valence-corrected chi connectivity index (χ0v) is 16.2. The van der Waals surface area contributed by atoms with Crippen LogP contribution in [-0.2, 0) is 9.59 Å². The molecule has 0 bridgehead atoms. The molecule has 0 atom stereocenters. The average molecular weight is 467 g/mol. The quantitative estimate of drug-likeness (QED) is 0.331. The van der Waals surface area contributed by atoms with Gasteiger partial charge in [0.25, 0.3) is 0 Å². The maximum Gasteiger partial charge on any atom is 0.240 e. The number of benzene rings is 2. The number of ether oxygens (including phenoxy) is 1. The Kier molecular flexibility index (Phi) is 7.39. The lowest BCUT2D eigenvalue weighted by atomic mass is 10.2. The second-order valence-corrected chi connectivity index (χ2v) is 6.38. The van der Waals surface area contributed by atoms with Crippen LogP contribution in [0.3, 0.4) is 0 Å². The van der Waals surface area contributed by atoms with E-state index >= 15 is 0 Å². The molecule has 0 aliphatic carbocycles. The summed E-state index contributed by atoms with van der Waals surface area (Å²) in [4.78, 5) is 23.7. The van der Waals surface area contributed by atoms with E-state index in [1.165, 1.54) is 13.3 Å². The lowest BCUT2D eigenvalue weighted by Crippen LogP contribution is -2.20. The summed E-state index contributed by atoms with van der Waals surface area (Å²) in [5.74, 6) is -0.405. The zero-order valence-electron chi connectivity index (χ0n) is 14.0. The summed E-state index contributed by atoms with van der Waals surface area (Å²) in [6.07, 6.45) is 1.34. The number of aromatic hydroxyl groups is 1. The molecule has 7 nitrogen and oxygen atoms in total. The van der Waals surface area contributed by atoms with Crippen LogP contribution in [0.4, 0.5) is 5.69 Å². The number of hydrogen-bond donors (Lipinski definition) is 3. The molecule has 8 heteroatoms. The molecule has 0 spiro atoms. The number of nitrogens with zero attached hydrogens (tertiary/aromatic N) is 1. The summed E-state index contributed by atoms with van der Waals surface area (Å²) in [5.41, 5.74) is 3.44. The average Bonchev–Trinajstić information content (AvgIpc) is 2.63. The van der Waals surface area contributed by atoms with E-state index in [-0.39, 0.29) is 24.5 Å². The molecule has 0 fully saturated rings. The van der Waals surface area contributed by atoms with Gasteiger partial charge in [-0.2, -0.15) is 5.10 Å². The molecule has 0 saturated carbocycles. The Bertz CT molecular complexity index is 824. The lowest BCUT2D eigenvalue weighted by Gasteiger charge is -2.07. The minimum Gasteiger partial charge on any atom is -0.504 e. The zero-order chi connectivity index (χ0) is 18.9. The van der Waals surface area contributed by atoms with Gasteiger partial charge in [-0.15, -0.1) is 0 Å². The van der Waals surface area contributed by atoms with E-state index in [4.69, 9.17) is 4.74 Å². The number of hydrogen-bond acceptors (Lipinski definition) is 5. The molecule has 136 valence electrons. The van der Waals surface area contributed by atoms with E-state index in [9.17, 15) is 14.7 Å². The van der Waals surface area contributed by atoms with Gasteiger partial charge >= 0.3 is 0 Å². The van der Waals surface area contributed by atoms with E-state index in [2.05, 4.69) is 38.4 Å². The predicted octanol–water partition coefficient (Wildman–Crippen LogP) is 2.87. The van der Waals surface area contributed by atoms with Crippen LogP contribution in [0, 0.1) is 3.57 Å². The second kappa shape index (κ2) is 9.76. The molecule has 2 aromatic rings. The Morgan fingerprint density at radius 3 is 2.62 bits per heavy atom. The minimum atomic E-state index is -0.401. The third-order valence-electron chi connectivity index (χ3n) is 3.37. The molecule has 3 N–H and O–H groups in total. The van der Waals surface area contributed by atoms with Crippen LogP contribution in [0.15, 0.2) is 47.6 Å². The highest BCUT2D eigenvalue weighted by molar-refractivity contribution is 14.1. The van der Waals surface area contributed by atoms with Crippen LogP contribution in [0.5, 0.6) is 11.5 Å². The monoisotopic (exact) mass is 467 g/mol. The van der Waals surface area contributed by atoms with Gasteiger partial charge in [0.15, 0.2) is 11.5 Å². The van der Waals surface area contributed by atoms with Crippen LogP contribution in [0.25, 0.3) is 0 Å². The molecular weight excluding hydrogens is 449 g/mol. The number of amides is 2. The van der Waals surface area contributed by atoms with Crippen LogP contribution in [-0.4, -0.2) is 30.2 Å². The van der Waals surface area contributed by atoms with Crippen molar-refractivity contribution >= 4 is 46.3 Å². The van der Waals surface area contributed by atoms with E-state index in [0.717, 1.165) is 3.57 Å². The molecular formula is C18H18IN3O4. The van der Waals surface area contributed by atoms with Gasteiger partial charge in [-0.3, -0.25) is 9.59 Å². The molecule has 26 heavy (non-hydrogen) atoms. The summed E-state index contributed by atoms with van der Waals surface area (Å²) in [7, 11) is 1.44. The van der Waals surface area contributed by atoms with Crippen LogP contribution in [0.2, 0.25) is 0 Å². The molecule has 2 aromatic carbocycles. The number of carbonyl (C=O) groups is 2. The Morgan fingerprint density at radius 1 is 1.15 bits per heavy atom. The van der Waals surface area contributed by atoms with Crippen LogP contribution < -0.4 is 15.5 Å². The Labute approximate surface area is 164 Å². The Balaban J connectivity index is 1.80. The van der Waals surface area contributed by atoms with E-state index < -0.39 is 5.91 Å². The molecule has 0 heterocycles. The highest BCUT2D eigenvalue weighted by Gasteiger charge is 2.09. The first-order valence-electron chi connectivity index (χ1n) is 7.73. The van der Waals surface area contributed by atoms with Crippen molar-refractivity contribution in [3.05, 3.63) is 51.6 Å². The van der Waals surface area contributed by atoms with Crippen molar-refractivity contribution in [2.75, 3.05) is 12.4 Å². The van der Waals surface area contributed by atoms with Gasteiger partial charge in [0, 0.05) is 22.0 Å². The lowest BCUT2D eigenvalue weighted by molar-refractivity contribution is -0.124. The van der Waals surface area contributed by atoms with Crippen LogP contribution >= 0.6 is 22.6 Å². The van der Waals surface area contributed by atoms with Gasteiger partial charge in [0.05, 0.1) is 19.0 Å². The number of anilines is 1. The van der Waals surface area contributed by atoms with Crippen molar-refractivity contribution in [2.45, 2.75) is 12.8 Å². The molecule has 2 amide bonds. The fourth-order valence-electron chi connectivity index (χ4n) is 2.04. The van der Waals surface area contributed by atoms with Crippen molar-refractivity contribution in [3.63, 3.8) is 0 Å². The molecule has 0 radical (unpaired) electrons. The summed E-state index contributed by atoms with van der Waals surface area (Å²) < 4.78 is 5.91. The maximum atomic E-state index is 11.9. The smallest absolute Gasteiger partial charge is 0.240 e. The van der Waals surface area contributed by atoms with E-state index in [0.29, 0.717) is 17.0 Å². The second-order valence-electron chi connectivity index (χ2n) is 5.22. The normalized spacial score (nSPS) is 10.5. The fraction of sp³-hybridized carbons (Fsp3) is 0.167. The van der Waals surface area contributed by atoms with Gasteiger partial charge in [0.2, 0.25) is 11.8 Å². The fourth-order valence-corrected chi connectivity index (χ4v) is 2.56. The van der Waals surface area contributed by atoms with Gasteiger partial charge in [-0.25, -0.2) is 5.43 Å². The minimum absolute atomic E-state index is 0.00329. The molecule has 0 aliphatic heterocycles. The topological polar surface area (TPSA) is 100 Å². The molecule has 0 unspecified atom stereocenters. The number of hydrazone groups is 1. The number of nitrogens with one attached hydrogen (secondary N) is 2. The third-order valence-corrected chi connectivity index (χ3v) is 4.31. The number of phenolic OH excluding ortho intramolecular Hbond substituents is 1. The first-order chi connectivity index (χ1) is 12.5. The standard InChI is InChI=1S/C18H18IN3O4/c1-26-15-8-4-5-12(18(15)25)11-20-22-17(24)10-9-16(23)21-14-7-3-2-6-13(14)19/h2-8,11,25H,9-10H2,1H3,(H,21,23)(H,22,24)/b20-11+. The van der Waals surface area contributed by atoms with Crippen molar-refractivity contribution in [2.24, 2.45) is 5.10 Å². The molecule has 0 aromatic heterocycles. The summed E-state index contributed by atoms with van der Waals surface area (Å²) in [5, 5.41) is 16.4. The highest BCUT2D eigenvalue weighted by Crippen LogP contribution is 2.27. The van der Waals surface area contributed by atoms with Crippen molar-refractivity contribution in [1.29, 1.82) is 0 Å². The van der Waals surface area contributed by atoms with Crippen molar-refractivity contribution in [1.82, 2.24) is 5.43 Å². The Morgan fingerprint density at radius 2 is 1.88 bits per heavy atom. The first-order valence-corrected chi connectivity index (χ1v) is 8.81. The van der Waals surface area contributed by atoms with Gasteiger partial charge in [-0.05, 0) is 46.9 Å². The maximum absolute atomic E-state index is 11.9. The van der Waals surface area contributed by atoms with Gasteiger partial charge < -0.3 is 15.2 Å². The number of methoxy groups -OCH3 is 1. The van der Waals surface area contributed by atoms with Crippen molar-refractivity contribution < 1.29 is 19.4 Å². The van der Waals surface area contributed by atoms with Crippen LogP contribution in [0.1, 0.15) is 18.4 Å². The largest absolute Gasteiger partial charge is 0.504 e. The Hall–Kier alpha value is -2.62. The van der Waals surface area contributed by atoms with Crippen molar-refractivity contribution in [3.8, 4) is 11.5 Å². The molecule has 2 rings (SSSR count). The number of carbonyl (C=O) groups excluding carboxylic acids is 2. The van der Waals surface area contributed by atoms with E-state index in [1.54, 1.807) is 24.3 Å². The number of phenols is 1. The molecule has 0 saturated heterocycles. The summed E-state index contributed by atoms with van der Waals surface area (Å²) in [6.45, 7) is 0. The van der Waals surface area contributed by atoms with Gasteiger partial charge in [-0.1, -0.05) is 18.2 Å². The van der Waals surface area contributed by atoms with Gasteiger partial charge in [0.1, 0.15) is 0 Å². The SMILES string of the molecule is COc1cccc(/C=N/NC(=O)CCC(=O)Nc2ccccc2I)c1O. The summed E-state index contributed by atoms with van der Waals surface area (Å²) >= 11 is 2.12.